The fourth-order valence-electron chi connectivity index (χ4n) is 1.91. The number of nitrogens with one attached hydrogen (secondary N) is 1. The average molecular weight is 247 g/mol. The lowest BCUT2D eigenvalue weighted by Gasteiger charge is -2.05. The molecular formula is C11H17N7. The molecule has 1 N–H and O–H groups in total. The van der Waals surface area contributed by atoms with E-state index >= 15 is 0 Å². The molecule has 0 aliphatic heterocycles. The van der Waals surface area contributed by atoms with Crippen LogP contribution in [0.2, 0.25) is 0 Å². The van der Waals surface area contributed by atoms with E-state index in [1.54, 1.807) is 0 Å². The number of tetrazole rings is 1. The summed E-state index contributed by atoms with van der Waals surface area (Å²) in [5, 5.41) is 19.4. The van der Waals surface area contributed by atoms with Gasteiger partial charge >= 0.3 is 0 Å². The maximum absolute atomic E-state index is 4.24. The van der Waals surface area contributed by atoms with Crippen molar-refractivity contribution in [2.75, 3.05) is 6.54 Å². The van der Waals surface area contributed by atoms with Crippen LogP contribution in [-0.4, -0.2) is 36.5 Å². The predicted molar refractivity (Wildman–Crippen MR) is 64.8 cm³/mol. The van der Waals surface area contributed by atoms with E-state index in [0.717, 1.165) is 18.9 Å². The van der Waals surface area contributed by atoms with Crippen molar-refractivity contribution < 1.29 is 0 Å². The van der Waals surface area contributed by atoms with Crippen LogP contribution in [0.15, 0.2) is 12.4 Å². The molecule has 1 saturated carbocycles. The third-order valence-electron chi connectivity index (χ3n) is 3.02. The zero-order valence-corrected chi connectivity index (χ0v) is 10.5. The number of hydrogen-bond donors (Lipinski definition) is 1. The Morgan fingerprint density at radius 2 is 2.33 bits per heavy atom. The van der Waals surface area contributed by atoms with Crippen LogP contribution in [0.3, 0.4) is 0 Å². The van der Waals surface area contributed by atoms with E-state index in [0.29, 0.717) is 12.6 Å². The molecule has 18 heavy (non-hydrogen) atoms. The third kappa shape index (κ3) is 2.56. The van der Waals surface area contributed by atoms with Crippen molar-refractivity contribution >= 4 is 0 Å². The van der Waals surface area contributed by atoms with Gasteiger partial charge in [-0.15, -0.1) is 5.10 Å². The zero-order chi connectivity index (χ0) is 12.4. The molecular weight excluding hydrogens is 230 g/mol. The number of aromatic nitrogens is 6. The van der Waals surface area contributed by atoms with E-state index in [1.165, 1.54) is 18.4 Å². The lowest BCUT2D eigenvalue weighted by Crippen LogP contribution is -2.22. The molecule has 1 aliphatic rings. The van der Waals surface area contributed by atoms with Gasteiger partial charge in [0.05, 0.1) is 25.3 Å². The highest BCUT2D eigenvalue weighted by atomic mass is 15.6. The Bertz CT molecular complexity index is 511. The van der Waals surface area contributed by atoms with Crippen LogP contribution in [-0.2, 0) is 13.1 Å². The molecule has 2 aromatic heterocycles. The van der Waals surface area contributed by atoms with Crippen molar-refractivity contribution in [3.05, 3.63) is 23.8 Å². The van der Waals surface area contributed by atoms with Crippen LogP contribution in [0.4, 0.5) is 0 Å². The van der Waals surface area contributed by atoms with Gasteiger partial charge in [-0.25, -0.2) is 4.68 Å². The first-order valence-corrected chi connectivity index (χ1v) is 6.29. The lowest BCUT2D eigenvalue weighted by molar-refractivity contribution is 0.520. The van der Waals surface area contributed by atoms with Crippen LogP contribution in [0, 0.1) is 6.92 Å². The van der Waals surface area contributed by atoms with Gasteiger partial charge in [0.25, 0.3) is 0 Å². The average Bonchev–Trinajstić information content (AvgIpc) is 2.96. The first-order chi connectivity index (χ1) is 8.83. The van der Waals surface area contributed by atoms with Gasteiger partial charge in [-0.1, -0.05) is 0 Å². The molecule has 0 amide bonds. The summed E-state index contributed by atoms with van der Waals surface area (Å²) in [4.78, 5) is 0. The highest BCUT2D eigenvalue weighted by molar-refractivity contribution is 4.99. The Balaban J connectivity index is 1.45. The molecule has 0 unspecified atom stereocenters. The fourth-order valence-corrected chi connectivity index (χ4v) is 1.91. The molecule has 0 aromatic carbocycles. The molecule has 7 heteroatoms. The Hall–Kier alpha value is -1.76. The monoisotopic (exact) mass is 247 g/mol. The Kier molecular flexibility index (Phi) is 3.06. The molecule has 0 bridgehead atoms. The van der Waals surface area contributed by atoms with Crippen molar-refractivity contribution in [1.82, 2.24) is 35.3 Å². The zero-order valence-electron chi connectivity index (χ0n) is 10.5. The number of hydrogen-bond acceptors (Lipinski definition) is 5. The van der Waals surface area contributed by atoms with Crippen LogP contribution >= 0.6 is 0 Å². The minimum atomic E-state index is 0.533. The van der Waals surface area contributed by atoms with E-state index in [1.807, 2.05) is 28.7 Å². The summed E-state index contributed by atoms with van der Waals surface area (Å²) in [6, 6.07) is 0.533. The summed E-state index contributed by atoms with van der Waals surface area (Å²) in [7, 11) is 0. The van der Waals surface area contributed by atoms with Gasteiger partial charge in [0.1, 0.15) is 0 Å². The normalized spacial score (nSPS) is 15.2. The Morgan fingerprint density at radius 1 is 1.44 bits per heavy atom. The van der Waals surface area contributed by atoms with Gasteiger partial charge in [0.2, 0.25) is 0 Å². The molecule has 0 spiro atoms. The summed E-state index contributed by atoms with van der Waals surface area (Å²) in [6.45, 7) is 4.47. The quantitative estimate of drug-likeness (QED) is 0.743. The first-order valence-electron chi connectivity index (χ1n) is 6.29. The molecule has 7 nitrogen and oxygen atoms in total. The molecule has 3 rings (SSSR count). The summed E-state index contributed by atoms with van der Waals surface area (Å²) in [5.74, 6) is 0.925. The van der Waals surface area contributed by atoms with Gasteiger partial charge < -0.3 is 5.32 Å². The Labute approximate surface area is 105 Å². The van der Waals surface area contributed by atoms with E-state index < -0.39 is 0 Å². The molecule has 2 aromatic rings. The van der Waals surface area contributed by atoms with Crippen molar-refractivity contribution in [3.8, 4) is 0 Å². The van der Waals surface area contributed by atoms with Crippen molar-refractivity contribution in [1.29, 1.82) is 0 Å². The van der Waals surface area contributed by atoms with Crippen molar-refractivity contribution in [2.45, 2.75) is 38.9 Å². The highest BCUT2D eigenvalue weighted by Gasteiger charge is 2.27. The van der Waals surface area contributed by atoms with Crippen molar-refractivity contribution in [2.24, 2.45) is 0 Å². The lowest BCUT2D eigenvalue weighted by atomic mass is 10.4. The number of aryl methyl sites for hydroxylation is 1. The molecule has 1 aliphatic carbocycles. The molecule has 0 atom stereocenters. The van der Waals surface area contributed by atoms with Gasteiger partial charge in [-0.2, -0.15) is 5.10 Å². The maximum atomic E-state index is 4.24. The van der Waals surface area contributed by atoms with Gasteiger partial charge in [0, 0.05) is 12.7 Å². The van der Waals surface area contributed by atoms with Crippen LogP contribution in [0.1, 0.15) is 30.3 Å². The number of rotatable bonds is 6. The van der Waals surface area contributed by atoms with E-state index in [2.05, 4.69) is 25.9 Å². The standard InChI is InChI=1S/C11H17N7/c1-9-6-13-17(8-9)5-4-12-7-11-14-15-16-18(11)10-2-3-10/h6,8,10,12H,2-5,7H2,1H3. The largest absolute Gasteiger partial charge is 0.308 e. The third-order valence-corrected chi connectivity index (χ3v) is 3.02. The topological polar surface area (TPSA) is 73.5 Å². The predicted octanol–water partition coefficient (Wildman–Crippen LogP) is 0.303. The summed E-state index contributed by atoms with van der Waals surface area (Å²) in [6.07, 6.45) is 6.30. The minimum Gasteiger partial charge on any atom is -0.308 e. The second-order valence-electron chi connectivity index (χ2n) is 4.73. The molecule has 96 valence electrons. The van der Waals surface area contributed by atoms with E-state index in [9.17, 15) is 0 Å². The van der Waals surface area contributed by atoms with Crippen LogP contribution in [0.25, 0.3) is 0 Å². The van der Waals surface area contributed by atoms with Crippen molar-refractivity contribution in [3.63, 3.8) is 0 Å². The Morgan fingerprint density at radius 3 is 3.06 bits per heavy atom. The second kappa shape index (κ2) is 4.85. The molecule has 1 fully saturated rings. The summed E-state index contributed by atoms with van der Waals surface area (Å²) >= 11 is 0. The van der Waals surface area contributed by atoms with Gasteiger partial charge in [-0.05, 0) is 35.8 Å². The highest BCUT2D eigenvalue weighted by Crippen LogP contribution is 2.34. The molecule has 0 radical (unpaired) electrons. The smallest absolute Gasteiger partial charge is 0.165 e. The summed E-state index contributed by atoms with van der Waals surface area (Å²) in [5.41, 5.74) is 1.19. The van der Waals surface area contributed by atoms with E-state index in [4.69, 9.17) is 0 Å². The maximum Gasteiger partial charge on any atom is 0.165 e. The van der Waals surface area contributed by atoms with Crippen LogP contribution < -0.4 is 5.32 Å². The SMILES string of the molecule is Cc1cnn(CCNCc2nnnn2C2CC2)c1. The molecule has 2 heterocycles. The molecule has 0 saturated heterocycles. The minimum absolute atomic E-state index is 0.533. The first kappa shape index (κ1) is 11.3. The van der Waals surface area contributed by atoms with Gasteiger partial charge in [0.15, 0.2) is 5.82 Å². The van der Waals surface area contributed by atoms with Gasteiger partial charge in [-0.3, -0.25) is 4.68 Å². The number of nitrogens with zero attached hydrogens (tertiary/aromatic N) is 6. The van der Waals surface area contributed by atoms with Crippen LogP contribution in [0.5, 0.6) is 0 Å². The second-order valence-corrected chi connectivity index (χ2v) is 4.73. The van der Waals surface area contributed by atoms with E-state index in [-0.39, 0.29) is 0 Å². The summed E-state index contributed by atoms with van der Waals surface area (Å²) < 4.78 is 3.87. The fraction of sp³-hybridized carbons (Fsp3) is 0.636.